The standard InChI is InChI=1S/C17H18ClN3O4/c18-11-6-9(14(22)7-15(11)23)16-10-8-21(5-3-12(10)20-25-16)17(24)13-2-1-4-19-13/h6-7,13,19,22-23H,1-5,8H2/t13-/m0/s1. The van der Waals surface area contributed by atoms with Gasteiger partial charge in [0, 0.05) is 24.6 Å². The van der Waals surface area contributed by atoms with Gasteiger partial charge in [0.1, 0.15) is 11.5 Å². The van der Waals surface area contributed by atoms with Crippen molar-refractivity contribution >= 4 is 17.5 Å². The molecular weight excluding hydrogens is 346 g/mol. The summed E-state index contributed by atoms with van der Waals surface area (Å²) >= 11 is 5.96. The SMILES string of the molecule is O=C([C@@H]1CCCN1)N1CCc2noc(-c3cc(Cl)c(O)cc3O)c2C1. The summed E-state index contributed by atoms with van der Waals surface area (Å²) in [4.78, 5) is 14.5. The maximum atomic E-state index is 12.7. The van der Waals surface area contributed by atoms with Crippen molar-refractivity contribution in [1.82, 2.24) is 15.4 Å². The number of benzene rings is 1. The van der Waals surface area contributed by atoms with E-state index in [0.29, 0.717) is 30.8 Å². The third-order valence-corrected chi connectivity index (χ3v) is 5.12. The highest BCUT2D eigenvalue weighted by atomic mass is 35.5. The van der Waals surface area contributed by atoms with Gasteiger partial charge in [0.25, 0.3) is 0 Å². The van der Waals surface area contributed by atoms with Crippen LogP contribution in [0.1, 0.15) is 24.1 Å². The van der Waals surface area contributed by atoms with Crippen LogP contribution in [-0.4, -0.2) is 45.3 Å². The number of halogens is 1. The Kier molecular flexibility index (Phi) is 4.05. The van der Waals surface area contributed by atoms with E-state index < -0.39 is 0 Å². The van der Waals surface area contributed by atoms with Crippen molar-refractivity contribution in [2.45, 2.75) is 31.8 Å². The van der Waals surface area contributed by atoms with E-state index in [2.05, 4.69) is 10.5 Å². The number of hydrogen-bond donors (Lipinski definition) is 3. The van der Waals surface area contributed by atoms with Crippen LogP contribution in [-0.2, 0) is 17.8 Å². The van der Waals surface area contributed by atoms with Crippen LogP contribution in [0.25, 0.3) is 11.3 Å². The number of rotatable bonds is 2. The molecule has 7 nitrogen and oxygen atoms in total. The number of aromatic hydroxyl groups is 2. The molecule has 2 aliphatic rings. The molecule has 0 aliphatic carbocycles. The normalized spacial score (nSPS) is 19.9. The van der Waals surface area contributed by atoms with Crippen molar-refractivity contribution in [3.05, 3.63) is 28.4 Å². The van der Waals surface area contributed by atoms with Gasteiger partial charge >= 0.3 is 0 Å². The summed E-state index contributed by atoms with van der Waals surface area (Å²) in [5.41, 5.74) is 1.90. The molecule has 1 aromatic carbocycles. The van der Waals surface area contributed by atoms with Gasteiger partial charge in [-0.3, -0.25) is 4.79 Å². The van der Waals surface area contributed by atoms with Gasteiger partial charge in [0.05, 0.1) is 28.9 Å². The molecule has 0 unspecified atom stereocenters. The molecule has 2 aliphatic heterocycles. The van der Waals surface area contributed by atoms with E-state index in [1.165, 1.54) is 12.1 Å². The molecule has 2 aromatic rings. The number of phenols is 2. The fraction of sp³-hybridized carbons (Fsp3) is 0.412. The summed E-state index contributed by atoms with van der Waals surface area (Å²) in [5, 5.41) is 27.1. The van der Waals surface area contributed by atoms with E-state index in [0.717, 1.165) is 30.6 Å². The van der Waals surface area contributed by atoms with Gasteiger partial charge in [-0.1, -0.05) is 16.8 Å². The molecule has 1 aromatic heterocycles. The molecule has 1 atom stereocenters. The van der Waals surface area contributed by atoms with Crippen LogP contribution in [0.2, 0.25) is 5.02 Å². The number of carbonyl (C=O) groups excluding carboxylic acids is 1. The summed E-state index contributed by atoms with van der Waals surface area (Å²) in [6, 6.07) is 2.48. The lowest BCUT2D eigenvalue weighted by Gasteiger charge is -2.28. The van der Waals surface area contributed by atoms with Gasteiger partial charge in [-0.2, -0.15) is 0 Å². The van der Waals surface area contributed by atoms with Crippen molar-refractivity contribution in [3.63, 3.8) is 0 Å². The Hall–Kier alpha value is -2.25. The smallest absolute Gasteiger partial charge is 0.240 e. The van der Waals surface area contributed by atoms with Crippen molar-refractivity contribution in [1.29, 1.82) is 0 Å². The van der Waals surface area contributed by atoms with E-state index in [1.54, 1.807) is 4.90 Å². The molecule has 3 heterocycles. The summed E-state index contributed by atoms with van der Waals surface area (Å²) in [7, 11) is 0. The zero-order chi connectivity index (χ0) is 17.6. The average Bonchev–Trinajstić information content (AvgIpc) is 3.26. The molecule has 1 amide bonds. The fourth-order valence-corrected chi connectivity index (χ4v) is 3.62. The molecule has 4 rings (SSSR count). The van der Waals surface area contributed by atoms with Crippen molar-refractivity contribution in [2.75, 3.05) is 13.1 Å². The predicted molar refractivity (Wildman–Crippen MR) is 90.4 cm³/mol. The van der Waals surface area contributed by atoms with Crippen molar-refractivity contribution < 1.29 is 19.5 Å². The molecule has 0 spiro atoms. The van der Waals surface area contributed by atoms with Gasteiger partial charge in [-0.25, -0.2) is 0 Å². The molecule has 0 saturated carbocycles. The molecule has 0 bridgehead atoms. The highest BCUT2D eigenvalue weighted by Gasteiger charge is 2.32. The van der Waals surface area contributed by atoms with Gasteiger partial charge in [0.2, 0.25) is 5.91 Å². The molecule has 25 heavy (non-hydrogen) atoms. The number of nitrogens with zero attached hydrogens (tertiary/aromatic N) is 2. The molecule has 1 fully saturated rings. The van der Waals surface area contributed by atoms with Gasteiger partial charge < -0.3 is 25.0 Å². The van der Waals surface area contributed by atoms with E-state index in [-0.39, 0.29) is 28.5 Å². The van der Waals surface area contributed by atoms with Gasteiger partial charge in [-0.05, 0) is 25.5 Å². The molecule has 8 heteroatoms. The van der Waals surface area contributed by atoms with Crippen LogP contribution in [0.5, 0.6) is 11.5 Å². The predicted octanol–water partition coefficient (Wildman–Crippen LogP) is 2.04. The Balaban J connectivity index is 1.65. The third kappa shape index (κ3) is 2.83. The Morgan fingerprint density at radius 2 is 2.20 bits per heavy atom. The van der Waals surface area contributed by atoms with E-state index >= 15 is 0 Å². The Morgan fingerprint density at radius 1 is 1.36 bits per heavy atom. The second kappa shape index (κ2) is 6.24. The Bertz CT molecular complexity index is 830. The zero-order valence-electron chi connectivity index (χ0n) is 13.5. The molecule has 132 valence electrons. The van der Waals surface area contributed by atoms with Crippen LogP contribution in [0.15, 0.2) is 16.7 Å². The summed E-state index contributed by atoms with van der Waals surface area (Å²) in [6.07, 6.45) is 2.46. The number of hydrogen-bond acceptors (Lipinski definition) is 6. The lowest BCUT2D eigenvalue weighted by atomic mass is 10.00. The number of fused-ring (bicyclic) bond motifs is 1. The minimum atomic E-state index is -0.208. The maximum absolute atomic E-state index is 12.7. The van der Waals surface area contributed by atoms with E-state index in [1.807, 2.05) is 0 Å². The van der Waals surface area contributed by atoms with Gasteiger partial charge in [-0.15, -0.1) is 0 Å². The summed E-state index contributed by atoms with van der Waals surface area (Å²) in [5.74, 6) is 0.108. The van der Waals surface area contributed by atoms with Crippen LogP contribution in [0.3, 0.4) is 0 Å². The highest BCUT2D eigenvalue weighted by Crippen LogP contribution is 2.40. The van der Waals surface area contributed by atoms with E-state index in [9.17, 15) is 15.0 Å². The number of amides is 1. The lowest BCUT2D eigenvalue weighted by Crippen LogP contribution is -2.45. The Morgan fingerprint density at radius 3 is 2.96 bits per heavy atom. The minimum Gasteiger partial charge on any atom is -0.507 e. The van der Waals surface area contributed by atoms with Crippen LogP contribution < -0.4 is 5.32 Å². The first-order valence-corrected chi connectivity index (χ1v) is 8.64. The summed E-state index contributed by atoms with van der Waals surface area (Å²) < 4.78 is 5.43. The first-order valence-electron chi connectivity index (χ1n) is 8.26. The second-order valence-corrected chi connectivity index (χ2v) is 6.82. The molecule has 3 N–H and O–H groups in total. The van der Waals surface area contributed by atoms with Crippen molar-refractivity contribution in [2.24, 2.45) is 0 Å². The number of nitrogens with one attached hydrogen (secondary N) is 1. The molecule has 0 radical (unpaired) electrons. The first kappa shape index (κ1) is 16.2. The summed E-state index contributed by atoms with van der Waals surface area (Å²) in [6.45, 7) is 1.84. The topological polar surface area (TPSA) is 98.8 Å². The van der Waals surface area contributed by atoms with Crippen molar-refractivity contribution in [3.8, 4) is 22.8 Å². The minimum absolute atomic E-state index is 0.0864. The monoisotopic (exact) mass is 363 g/mol. The fourth-order valence-electron chi connectivity index (χ4n) is 3.46. The maximum Gasteiger partial charge on any atom is 0.240 e. The first-order chi connectivity index (χ1) is 12.0. The molecular formula is C17H18ClN3O4. The quantitative estimate of drug-likeness (QED) is 0.755. The third-order valence-electron chi connectivity index (χ3n) is 4.82. The zero-order valence-corrected chi connectivity index (χ0v) is 14.2. The largest absolute Gasteiger partial charge is 0.507 e. The lowest BCUT2D eigenvalue weighted by molar-refractivity contribution is -0.134. The number of aromatic nitrogens is 1. The number of carbonyl (C=O) groups is 1. The van der Waals surface area contributed by atoms with Crippen LogP contribution >= 0.6 is 11.6 Å². The second-order valence-electron chi connectivity index (χ2n) is 6.42. The number of phenolic OH excluding ortho intramolecular Hbond substituents is 2. The van der Waals surface area contributed by atoms with Crippen LogP contribution in [0, 0.1) is 0 Å². The van der Waals surface area contributed by atoms with Gasteiger partial charge in [0.15, 0.2) is 5.76 Å². The average molecular weight is 364 g/mol. The molecule has 1 saturated heterocycles. The highest BCUT2D eigenvalue weighted by molar-refractivity contribution is 6.32. The van der Waals surface area contributed by atoms with Crippen LogP contribution in [0.4, 0.5) is 0 Å². The Labute approximate surface area is 149 Å². The van der Waals surface area contributed by atoms with E-state index in [4.69, 9.17) is 16.1 Å².